The Morgan fingerprint density at radius 1 is 1.46 bits per heavy atom. The molecule has 24 heavy (non-hydrogen) atoms. The van der Waals surface area contributed by atoms with E-state index in [0.717, 1.165) is 44.2 Å². The van der Waals surface area contributed by atoms with Crippen LogP contribution in [0.5, 0.6) is 0 Å². The summed E-state index contributed by atoms with van der Waals surface area (Å²) in [5.74, 6) is 0.310. The molecule has 0 bridgehead atoms. The lowest BCUT2D eigenvalue weighted by Gasteiger charge is -2.28. The molecule has 1 amide bonds. The van der Waals surface area contributed by atoms with E-state index in [1.54, 1.807) is 12.4 Å². The molecule has 0 saturated heterocycles. The van der Waals surface area contributed by atoms with Crippen LogP contribution in [0.25, 0.3) is 11.2 Å². The molecule has 2 saturated carbocycles. The van der Waals surface area contributed by atoms with Crippen LogP contribution in [-0.2, 0) is 0 Å². The smallest absolute Gasteiger partial charge is 0.255 e. The van der Waals surface area contributed by atoms with E-state index >= 15 is 0 Å². The molecule has 6 heteroatoms. The van der Waals surface area contributed by atoms with Gasteiger partial charge in [0, 0.05) is 18.2 Å². The molecule has 0 radical (unpaired) electrons. The molecule has 2 aliphatic rings. The lowest BCUT2D eigenvalue weighted by atomic mass is 9.81. The Kier molecular flexibility index (Phi) is 3.52. The third-order valence-electron chi connectivity index (χ3n) is 5.53. The summed E-state index contributed by atoms with van der Waals surface area (Å²) in [5, 5.41) is 12.6. The lowest BCUT2D eigenvalue weighted by Crippen LogP contribution is -2.44. The number of hydrogen-bond donors (Lipinski definition) is 2. The second-order valence-corrected chi connectivity index (χ2v) is 7.14. The first-order chi connectivity index (χ1) is 11.6. The van der Waals surface area contributed by atoms with Crippen molar-refractivity contribution in [1.29, 1.82) is 5.26 Å². The molecule has 2 aromatic rings. The number of amides is 1. The van der Waals surface area contributed by atoms with E-state index in [2.05, 4.69) is 26.3 Å². The molecule has 0 aromatic carbocycles. The molecule has 2 heterocycles. The van der Waals surface area contributed by atoms with Gasteiger partial charge in [0.05, 0.1) is 28.9 Å². The maximum Gasteiger partial charge on any atom is 0.255 e. The minimum absolute atomic E-state index is 0.179. The highest BCUT2D eigenvalue weighted by molar-refractivity contribution is 6.04. The van der Waals surface area contributed by atoms with Crippen LogP contribution in [0.2, 0.25) is 0 Å². The third kappa shape index (κ3) is 2.44. The monoisotopic (exact) mass is 323 g/mol. The fourth-order valence-electron chi connectivity index (χ4n) is 3.71. The molecule has 1 atom stereocenters. The molecule has 124 valence electrons. The fourth-order valence-corrected chi connectivity index (χ4v) is 3.71. The number of hydrogen-bond acceptors (Lipinski definition) is 4. The zero-order valence-electron chi connectivity index (χ0n) is 13.8. The number of H-pyrrole nitrogens is 1. The number of aromatic nitrogens is 3. The summed E-state index contributed by atoms with van der Waals surface area (Å²) in [5.41, 5.74) is 2.30. The van der Waals surface area contributed by atoms with Gasteiger partial charge in [-0.15, -0.1) is 0 Å². The highest BCUT2D eigenvalue weighted by Crippen LogP contribution is 2.41. The quantitative estimate of drug-likeness (QED) is 0.904. The van der Waals surface area contributed by atoms with Gasteiger partial charge in [0.15, 0.2) is 5.65 Å². The van der Waals surface area contributed by atoms with E-state index in [4.69, 9.17) is 0 Å². The summed E-state index contributed by atoms with van der Waals surface area (Å²) in [6.07, 6.45) is 9.56. The molecule has 2 aliphatic carbocycles. The molecule has 0 spiro atoms. The van der Waals surface area contributed by atoms with Crippen LogP contribution >= 0.6 is 0 Å². The number of carbonyl (C=O) groups is 1. The third-order valence-corrected chi connectivity index (χ3v) is 5.53. The largest absolute Gasteiger partial charge is 0.348 e. The summed E-state index contributed by atoms with van der Waals surface area (Å²) in [4.78, 5) is 24.8. The van der Waals surface area contributed by atoms with Crippen LogP contribution in [-0.4, -0.2) is 26.9 Å². The molecule has 0 unspecified atom stereocenters. The van der Waals surface area contributed by atoms with E-state index in [9.17, 15) is 10.1 Å². The Hall–Kier alpha value is -2.42. The number of rotatable bonds is 4. The SMILES string of the molecule is C[C@@H](NC(=O)c1c[nH]c2ncc(C3CC3)nc12)C1(C#N)CCCC1. The van der Waals surface area contributed by atoms with E-state index < -0.39 is 5.41 Å². The lowest BCUT2D eigenvalue weighted by molar-refractivity contribution is 0.0914. The molecule has 2 N–H and O–H groups in total. The summed E-state index contributed by atoms with van der Waals surface area (Å²) >= 11 is 0. The van der Waals surface area contributed by atoms with Gasteiger partial charge in [0.25, 0.3) is 5.91 Å². The second kappa shape index (κ2) is 5.59. The van der Waals surface area contributed by atoms with Crippen molar-refractivity contribution < 1.29 is 4.79 Å². The fraction of sp³-hybridized carbons (Fsp3) is 0.556. The molecular formula is C18H21N5O. The Morgan fingerprint density at radius 2 is 2.21 bits per heavy atom. The first-order valence-electron chi connectivity index (χ1n) is 8.69. The zero-order chi connectivity index (χ0) is 16.7. The highest BCUT2D eigenvalue weighted by Gasteiger charge is 2.40. The zero-order valence-corrected chi connectivity index (χ0v) is 13.8. The highest BCUT2D eigenvalue weighted by atomic mass is 16.1. The van der Waals surface area contributed by atoms with Crippen LogP contribution in [0.15, 0.2) is 12.4 Å². The van der Waals surface area contributed by atoms with Crippen LogP contribution in [0.4, 0.5) is 0 Å². The number of fused-ring (bicyclic) bond motifs is 1. The molecule has 0 aliphatic heterocycles. The first kappa shape index (κ1) is 15.1. The minimum atomic E-state index is -0.438. The maximum atomic E-state index is 12.7. The summed E-state index contributed by atoms with van der Waals surface area (Å²) in [6.45, 7) is 1.93. The molecular weight excluding hydrogens is 302 g/mol. The average Bonchev–Trinajstić information content (AvgIpc) is 3.17. The maximum absolute atomic E-state index is 12.7. The average molecular weight is 323 g/mol. The predicted molar refractivity (Wildman–Crippen MR) is 89.3 cm³/mol. The van der Waals surface area contributed by atoms with E-state index in [1.165, 1.54) is 0 Å². The normalized spacial score (nSPS) is 20.7. The van der Waals surface area contributed by atoms with E-state index in [1.807, 2.05) is 6.92 Å². The van der Waals surface area contributed by atoms with Gasteiger partial charge in [-0.3, -0.25) is 4.79 Å². The minimum Gasteiger partial charge on any atom is -0.348 e. The standard InChI is InChI=1S/C18H21N5O/c1-11(18(10-19)6-2-3-7-18)22-17(24)13-8-20-16-15(13)23-14(9-21-16)12-4-5-12/h8-9,11-12H,2-7H2,1H3,(H,20,21)(H,22,24)/t11-/m1/s1. The Balaban J connectivity index is 1.59. The van der Waals surface area contributed by atoms with Crippen molar-refractivity contribution >= 4 is 17.1 Å². The predicted octanol–water partition coefficient (Wildman–Crippen LogP) is 3.04. The van der Waals surface area contributed by atoms with E-state index in [0.29, 0.717) is 22.6 Å². The van der Waals surface area contributed by atoms with Crippen molar-refractivity contribution in [2.24, 2.45) is 5.41 Å². The van der Waals surface area contributed by atoms with Gasteiger partial charge in [-0.25, -0.2) is 9.97 Å². The van der Waals surface area contributed by atoms with Gasteiger partial charge in [-0.1, -0.05) is 12.8 Å². The van der Waals surface area contributed by atoms with Gasteiger partial charge in [-0.05, 0) is 32.6 Å². The van der Waals surface area contributed by atoms with Crippen LogP contribution in [0.3, 0.4) is 0 Å². The van der Waals surface area contributed by atoms with Gasteiger partial charge in [0.2, 0.25) is 0 Å². The summed E-state index contributed by atoms with van der Waals surface area (Å²) < 4.78 is 0. The van der Waals surface area contributed by atoms with Crippen molar-refractivity contribution in [3.8, 4) is 6.07 Å². The van der Waals surface area contributed by atoms with Crippen molar-refractivity contribution in [3.05, 3.63) is 23.7 Å². The second-order valence-electron chi connectivity index (χ2n) is 7.14. The number of nitrogens with zero attached hydrogens (tertiary/aromatic N) is 3. The van der Waals surface area contributed by atoms with E-state index in [-0.39, 0.29) is 11.9 Å². The number of nitriles is 1. The molecule has 2 fully saturated rings. The summed E-state index contributed by atoms with van der Waals surface area (Å²) in [7, 11) is 0. The van der Waals surface area contributed by atoms with Crippen molar-refractivity contribution in [2.45, 2.75) is 57.4 Å². The Morgan fingerprint density at radius 3 is 2.88 bits per heavy atom. The van der Waals surface area contributed by atoms with Gasteiger partial charge < -0.3 is 10.3 Å². The Labute approximate surface area is 140 Å². The molecule has 6 nitrogen and oxygen atoms in total. The number of aromatic amines is 1. The topological polar surface area (TPSA) is 94.5 Å². The van der Waals surface area contributed by atoms with Crippen LogP contribution in [0, 0.1) is 16.7 Å². The molecule has 2 aromatic heterocycles. The van der Waals surface area contributed by atoms with Gasteiger partial charge >= 0.3 is 0 Å². The van der Waals surface area contributed by atoms with Crippen molar-refractivity contribution in [2.75, 3.05) is 0 Å². The van der Waals surface area contributed by atoms with Crippen LogP contribution in [0.1, 0.15) is 67.4 Å². The number of carbonyl (C=O) groups excluding carboxylic acids is 1. The van der Waals surface area contributed by atoms with Gasteiger partial charge in [0.1, 0.15) is 5.52 Å². The van der Waals surface area contributed by atoms with Crippen molar-refractivity contribution in [1.82, 2.24) is 20.3 Å². The van der Waals surface area contributed by atoms with Gasteiger partial charge in [-0.2, -0.15) is 5.26 Å². The van der Waals surface area contributed by atoms with Crippen LogP contribution < -0.4 is 5.32 Å². The number of nitrogens with one attached hydrogen (secondary N) is 2. The molecule has 4 rings (SSSR count). The Bertz CT molecular complexity index is 824. The summed E-state index contributed by atoms with van der Waals surface area (Å²) in [6, 6.07) is 2.27. The van der Waals surface area contributed by atoms with Crippen molar-refractivity contribution in [3.63, 3.8) is 0 Å². The first-order valence-corrected chi connectivity index (χ1v) is 8.69.